The molecular formula is C12H18ClNO4S. The SMILES string of the molecule is CCN(C)S(=O)(=O)c1cc(CCl)c(OC)c(OC)c1. The summed E-state index contributed by atoms with van der Waals surface area (Å²) in [6.45, 7) is 2.15. The van der Waals surface area contributed by atoms with Crippen LogP contribution in [0, 0.1) is 0 Å². The Balaban J connectivity index is 3.47. The lowest BCUT2D eigenvalue weighted by Gasteiger charge is -2.18. The highest BCUT2D eigenvalue weighted by atomic mass is 35.5. The summed E-state index contributed by atoms with van der Waals surface area (Å²) in [7, 11) is 0.921. The number of hydrogen-bond donors (Lipinski definition) is 0. The fourth-order valence-corrected chi connectivity index (χ4v) is 3.06. The number of ether oxygens (including phenoxy) is 2. The first-order valence-corrected chi connectivity index (χ1v) is 7.67. The Kier molecular flexibility index (Phi) is 5.46. The number of halogens is 1. The third-order valence-corrected chi connectivity index (χ3v) is 5.02. The lowest BCUT2D eigenvalue weighted by atomic mass is 10.2. The molecule has 0 unspecified atom stereocenters. The third-order valence-electron chi connectivity index (χ3n) is 2.83. The van der Waals surface area contributed by atoms with Gasteiger partial charge in [-0.2, -0.15) is 0 Å². The fraction of sp³-hybridized carbons (Fsp3) is 0.500. The predicted octanol–water partition coefficient (Wildman–Crippen LogP) is 2.08. The van der Waals surface area contributed by atoms with Crippen LogP contribution in [-0.2, 0) is 15.9 Å². The molecule has 1 aromatic rings. The van der Waals surface area contributed by atoms with Gasteiger partial charge in [0, 0.05) is 25.2 Å². The summed E-state index contributed by atoms with van der Waals surface area (Å²) in [5.74, 6) is 0.943. The average molecular weight is 308 g/mol. The first-order valence-electron chi connectivity index (χ1n) is 5.69. The molecule has 0 heterocycles. The van der Waals surface area contributed by atoms with Crippen molar-refractivity contribution >= 4 is 21.6 Å². The van der Waals surface area contributed by atoms with Gasteiger partial charge in [0.1, 0.15) is 0 Å². The van der Waals surface area contributed by atoms with E-state index in [1.165, 1.54) is 37.7 Å². The van der Waals surface area contributed by atoms with E-state index in [1.807, 2.05) is 0 Å². The Morgan fingerprint density at radius 3 is 2.32 bits per heavy atom. The summed E-state index contributed by atoms with van der Waals surface area (Å²) in [4.78, 5) is 0.144. The quantitative estimate of drug-likeness (QED) is 0.755. The molecule has 19 heavy (non-hydrogen) atoms. The highest BCUT2D eigenvalue weighted by Crippen LogP contribution is 2.35. The van der Waals surface area contributed by atoms with Crippen molar-refractivity contribution in [1.29, 1.82) is 0 Å². The van der Waals surface area contributed by atoms with Gasteiger partial charge in [-0.25, -0.2) is 12.7 Å². The topological polar surface area (TPSA) is 55.8 Å². The van der Waals surface area contributed by atoms with Crippen LogP contribution in [0.3, 0.4) is 0 Å². The number of sulfonamides is 1. The van der Waals surface area contributed by atoms with E-state index < -0.39 is 10.0 Å². The van der Waals surface area contributed by atoms with Crippen LogP contribution in [0.1, 0.15) is 12.5 Å². The van der Waals surface area contributed by atoms with E-state index in [0.717, 1.165) is 0 Å². The van der Waals surface area contributed by atoms with Crippen LogP contribution in [0.5, 0.6) is 11.5 Å². The van der Waals surface area contributed by atoms with Crippen LogP contribution in [0.15, 0.2) is 17.0 Å². The van der Waals surface area contributed by atoms with E-state index in [9.17, 15) is 8.42 Å². The summed E-state index contributed by atoms with van der Waals surface area (Å²) < 4.78 is 36.2. The smallest absolute Gasteiger partial charge is 0.242 e. The van der Waals surface area contributed by atoms with E-state index in [-0.39, 0.29) is 10.8 Å². The summed E-state index contributed by atoms with van der Waals surface area (Å²) >= 11 is 5.83. The lowest BCUT2D eigenvalue weighted by Crippen LogP contribution is -2.26. The Bertz CT molecular complexity index is 520. The molecule has 0 aliphatic carbocycles. The van der Waals surface area contributed by atoms with Gasteiger partial charge < -0.3 is 9.47 Å². The minimum Gasteiger partial charge on any atom is -0.493 e. The van der Waals surface area contributed by atoms with Crippen LogP contribution in [0.4, 0.5) is 0 Å². The summed E-state index contributed by atoms with van der Waals surface area (Å²) in [6.07, 6.45) is 0. The van der Waals surface area contributed by atoms with Crippen LogP contribution >= 0.6 is 11.6 Å². The molecule has 0 amide bonds. The Hall–Kier alpha value is -0.980. The maximum absolute atomic E-state index is 12.3. The normalized spacial score (nSPS) is 11.7. The van der Waals surface area contributed by atoms with E-state index in [2.05, 4.69) is 0 Å². The molecule has 1 aromatic carbocycles. The Morgan fingerprint density at radius 1 is 1.26 bits per heavy atom. The molecule has 0 aliphatic heterocycles. The van der Waals surface area contributed by atoms with Crippen LogP contribution in [-0.4, -0.2) is 40.5 Å². The second kappa shape index (κ2) is 6.45. The minimum atomic E-state index is -3.54. The monoisotopic (exact) mass is 307 g/mol. The molecule has 0 saturated carbocycles. The van der Waals surface area contributed by atoms with Gasteiger partial charge in [0.05, 0.1) is 25.0 Å². The second-order valence-electron chi connectivity index (χ2n) is 3.87. The molecule has 5 nitrogen and oxygen atoms in total. The van der Waals surface area contributed by atoms with E-state index in [0.29, 0.717) is 23.6 Å². The van der Waals surface area contributed by atoms with Crippen molar-refractivity contribution in [2.45, 2.75) is 17.7 Å². The van der Waals surface area contributed by atoms with Crippen molar-refractivity contribution in [2.75, 3.05) is 27.8 Å². The zero-order valence-electron chi connectivity index (χ0n) is 11.4. The zero-order chi connectivity index (χ0) is 14.6. The second-order valence-corrected chi connectivity index (χ2v) is 6.18. The molecule has 1 rings (SSSR count). The van der Waals surface area contributed by atoms with Crippen LogP contribution in [0.25, 0.3) is 0 Å². The Labute approximate surface area is 119 Å². The molecule has 108 valence electrons. The zero-order valence-corrected chi connectivity index (χ0v) is 13.0. The average Bonchev–Trinajstić information content (AvgIpc) is 2.44. The van der Waals surface area contributed by atoms with Crippen molar-refractivity contribution < 1.29 is 17.9 Å². The highest BCUT2D eigenvalue weighted by Gasteiger charge is 2.23. The molecule has 0 aliphatic rings. The molecule has 0 bridgehead atoms. The molecule has 0 spiro atoms. The minimum absolute atomic E-state index is 0.138. The first-order chi connectivity index (χ1) is 8.92. The first kappa shape index (κ1) is 16.1. The number of alkyl halides is 1. The molecule has 0 atom stereocenters. The number of hydrogen-bond acceptors (Lipinski definition) is 4. The third kappa shape index (κ3) is 3.13. The van der Waals surface area contributed by atoms with E-state index in [1.54, 1.807) is 6.92 Å². The summed E-state index contributed by atoms with van der Waals surface area (Å²) in [5.41, 5.74) is 0.576. The molecule has 0 radical (unpaired) electrons. The van der Waals surface area contributed by atoms with Gasteiger partial charge in [0.15, 0.2) is 11.5 Å². The van der Waals surface area contributed by atoms with Crippen LogP contribution < -0.4 is 9.47 Å². The molecule has 0 aromatic heterocycles. The molecule has 0 saturated heterocycles. The lowest BCUT2D eigenvalue weighted by molar-refractivity contribution is 0.351. The molecule has 0 N–H and O–H groups in total. The summed E-state index contributed by atoms with van der Waals surface area (Å²) in [5, 5.41) is 0. The molecule has 0 fully saturated rings. The van der Waals surface area contributed by atoms with Crippen molar-refractivity contribution in [1.82, 2.24) is 4.31 Å². The van der Waals surface area contributed by atoms with Gasteiger partial charge in [0.2, 0.25) is 10.0 Å². The maximum Gasteiger partial charge on any atom is 0.242 e. The van der Waals surface area contributed by atoms with Gasteiger partial charge in [-0.15, -0.1) is 11.6 Å². The summed E-state index contributed by atoms with van der Waals surface area (Å²) in [6, 6.07) is 2.95. The van der Waals surface area contributed by atoms with Crippen molar-refractivity contribution in [2.24, 2.45) is 0 Å². The number of benzene rings is 1. The van der Waals surface area contributed by atoms with E-state index >= 15 is 0 Å². The highest BCUT2D eigenvalue weighted by molar-refractivity contribution is 7.89. The molecular weight excluding hydrogens is 290 g/mol. The van der Waals surface area contributed by atoms with Crippen molar-refractivity contribution in [3.05, 3.63) is 17.7 Å². The number of rotatable bonds is 6. The maximum atomic E-state index is 12.3. The molecule has 7 heteroatoms. The fourth-order valence-electron chi connectivity index (χ4n) is 1.61. The van der Waals surface area contributed by atoms with Gasteiger partial charge in [0.25, 0.3) is 0 Å². The largest absolute Gasteiger partial charge is 0.493 e. The Morgan fingerprint density at radius 2 is 1.89 bits per heavy atom. The van der Waals surface area contributed by atoms with Crippen LogP contribution in [0.2, 0.25) is 0 Å². The van der Waals surface area contributed by atoms with E-state index in [4.69, 9.17) is 21.1 Å². The van der Waals surface area contributed by atoms with Gasteiger partial charge in [-0.1, -0.05) is 6.92 Å². The van der Waals surface area contributed by atoms with Gasteiger partial charge in [-0.05, 0) is 6.07 Å². The van der Waals surface area contributed by atoms with Gasteiger partial charge >= 0.3 is 0 Å². The van der Waals surface area contributed by atoms with Gasteiger partial charge in [-0.3, -0.25) is 0 Å². The predicted molar refractivity (Wildman–Crippen MR) is 74.6 cm³/mol. The number of methoxy groups -OCH3 is 2. The number of nitrogens with zero attached hydrogens (tertiary/aromatic N) is 1. The standard InChI is InChI=1S/C12H18ClNO4S/c1-5-14(2)19(15,16)10-6-9(8-13)12(18-4)11(7-10)17-3/h6-7H,5,8H2,1-4H3. The van der Waals surface area contributed by atoms with Crippen molar-refractivity contribution in [3.8, 4) is 11.5 Å². The van der Waals surface area contributed by atoms with Crippen molar-refractivity contribution in [3.63, 3.8) is 0 Å².